The van der Waals surface area contributed by atoms with Crippen LogP contribution in [-0.2, 0) is 6.54 Å². The summed E-state index contributed by atoms with van der Waals surface area (Å²) in [7, 11) is 1.86. The summed E-state index contributed by atoms with van der Waals surface area (Å²) in [4.78, 5) is 21.5. The molecule has 6 heteroatoms. The molecule has 1 atom stereocenters. The summed E-state index contributed by atoms with van der Waals surface area (Å²) >= 11 is 0. The zero-order chi connectivity index (χ0) is 19.7. The molecule has 144 valence electrons. The zero-order valence-electron chi connectivity index (χ0n) is 16.5. The lowest BCUT2D eigenvalue weighted by atomic mass is 10.1. The van der Waals surface area contributed by atoms with Crippen LogP contribution in [0.2, 0.25) is 0 Å². The molecular weight excluding hydrogens is 340 g/mol. The van der Waals surface area contributed by atoms with Crippen LogP contribution in [0.25, 0.3) is 0 Å². The normalized spacial score (nSPS) is 15.5. The van der Waals surface area contributed by atoms with Gasteiger partial charge in [0.15, 0.2) is 11.5 Å². The minimum atomic E-state index is -0.756. The number of rotatable bonds is 6. The van der Waals surface area contributed by atoms with Crippen LogP contribution in [0, 0.1) is 5.92 Å². The topological polar surface area (TPSA) is 61.6 Å². The number of hydrogen-bond donors (Lipinski definition) is 1. The van der Waals surface area contributed by atoms with E-state index in [2.05, 4.69) is 11.6 Å². The maximum atomic E-state index is 13.3. The van der Waals surface area contributed by atoms with E-state index in [0.717, 1.165) is 12.0 Å². The molecular formula is C21H28N4O2. The Kier molecular flexibility index (Phi) is 5.37. The number of aromatic nitrogens is 2. The number of anilines is 1. The summed E-state index contributed by atoms with van der Waals surface area (Å²) in [6, 6.07) is 9.92. The fraction of sp³-hybridized carbons (Fsp3) is 0.429. The van der Waals surface area contributed by atoms with Gasteiger partial charge in [-0.05, 0) is 17.9 Å². The molecule has 1 amide bonds. The van der Waals surface area contributed by atoms with Gasteiger partial charge in [0.25, 0.3) is 5.91 Å². The molecule has 1 N–H and O–H groups in total. The first kappa shape index (κ1) is 19.2. The Hall–Kier alpha value is -2.60. The summed E-state index contributed by atoms with van der Waals surface area (Å²) in [6.07, 6.45) is 0.0794. The number of imidazole rings is 1. The van der Waals surface area contributed by atoms with E-state index in [1.165, 1.54) is 0 Å². The third kappa shape index (κ3) is 3.37. The second-order valence-corrected chi connectivity index (χ2v) is 7.33. The number of hydrogen-bond acceptors (Lipinski definition) is 4. The fourth-order valence-electron chi connectivity index (χ4n) is 3.35. The molecule has 0 spiro atoms. The van der Waals surface area contributed by atoms with E-state index in [9.17, 15) is 9.90 Å². The SMILES string of the molecule is C=C1N(CCC)C(=O)c2c(nc(C(O)C(C)C)n2Cc2ccccc2)N1C. The Bertz CT molecular complexity index is 841. The van der Waals surface area contributed by atoms with Crippen molar-refractivity contribution in [3.05, 3.63) is 59.8 Å². The van der Waals surface area contributed by atoms with Gasteiger partial charge in [-0.2, -0.15) is 0 Å². The number of aliphatic hydroxyl groups excluding tert-OH is 1. The minimum absolute atomic E-state index is 0.0151. The van der Waals surface area contributed by atoms with Gasteiger partial charge >= 0.3 is 0 Å². The Morgan fingerprint density at radius 3 is 2.48 bits per heavy atom. The van der Waals surface area contributed by atoms with Gasteiger partial charge in [0.05, 0.1) is 0 Å². The molecule has 1 unspecified atom stereocenters. The highest BCUT2D eigenvalue weighted by molar-refractivity contribution is 6.01. The van der Waals surface area contributed by atoms with Gasteiger partial charge in [-0.1, -0.05) is 57.7 Å². The maximum absolute atomic E-state index is 13.3. The van der Waals surface area contributed by atoms with Gasteiger partial charge in [0, 0.05) is 20.1 Å². The average Bonchev–Trinajstić information content (AvgIpc) is 3.03. The lowest BCUT2D eigenvalue weighted by Gasteiger charge is -2.35. The number of carbonyl (C=O) groups excluding carboxylic acids is 1. The van der Waals surface area contributed by atoms with Crippen molar-refractivity contribution in [2.24, 2.45) is 5.92 Å². The lowest BCUT2D eigenvalue weighted by molar-refractivity contribution is 0.0780. The highest BCUT2D eigenvalue weighted by Gasteiger charge is 2.37. The third-order valence-electron chi connectivity index (χ3n) is 4.97. The van der Waals surface area contributed by atoms with Crippen molar-refractivity contribution in [1.29, 1.82) is 0 Å². The van der Waals surface area contributed by atoms with Crippen molar-refractivity contribution in [2.45, 2.75) is 39.8 Å². The first-order chi connectivity index (χ1) is 12.9. The van der Waals surface area contributed by atoms with Crippen molar-refractivity contribution in [2.75, 3.05) is 18.5 Å². The quantitative estimate of drug-likeness (QED) is 0.849. The number of benzene rings is 1. The molecule has 0 saturated heterocycles. The Morgan fingerprint density at radius 2 is 1.89 bits per heavy atom. The first-order valence-electron chi connectivity index (χ1n) is 9.43. The van der Waals surface area contributed by atoms with Gasteiger partial charge in [-0.25, -0.2) is 4.98 Å². The number of amides is 1. The van der Waals surface area contributed by atoms with Crippen LogP contribution in [0.5, 0.6) is 0 Å². The van der Waals surface area contributed by atoms with E-state index in [0.29, 0.717) is 36.2 Å². The zero-order valence-corrected chi connectivity index (χ0v) is 16.5. The number of aliphatic hydroxyl groups is 1. The van der Waals surface area contributed by atoms with Crippen LogP contribution in [-0.4, -0.2) is 39.1 Å². The molecule has 3 rings (SSSR count). The molecule has 0 bridgehead atoms. The van der Waals surface area contributed by atoms with E-state index in [1.54, 1.807) is 4.90 Å². The van der Waals surface area contributed by atoms with Crippen LogP contribution in [0.1, 0.15) is 55.2 Å². The smallest absolute Gasteiger partial charge is 0.279 e. The van der Waals surface area contributed by atoms with E-state index in [4.69, 9.17) is 0 Å². The number of nitrogens with zero attached hydrogens (tertiary/aromatic N) is 4. The fourth-order valence-corrected chi connectivity index (χ4v) is 3.35. The molecule has 0 fully saturated rings. The van der Waals surface area contributed by atoms with Crippen LogP contribution in [0.4, 0.5) is 5.82 Å². The molecule has 6 nitrogen and oxygen atoms in total. The monoisotopic (exact) mass is 368 g/mol. The van der Waals surface area contributed by atoms with Gasteiger partial charge in [-0.15, -0.1) is 0 Å². The van der Waals surface area contributed by atoms with E-state index in [-0.39, 0.29) is 11.8 Å². The highest BCUT2D eigenvalue weighted by Crippen LogP contribution is 2.35. The van der Waals surface area contributed by atoms with Gasteiger partial charge in [0.2, 0.25) is 0 Å². The average molecular weight is 368 g/mol. The van der Waals surface area contributed by atoms with Crippen molar-refractivity contribution >= 4 is 11.7 Å². The number of carbonyl (C=O) groups is 1. The summed E-state index contributed by atoms with van der Waals surface area (Å²) in [5, 5.41) is 10.8. The van der Waals surface area contributed by atoms with Crippen LogP contribution >= 0.6 is 0 Å². The summed E-state index contributed by atoms with van der Waals surface area (Å²) in [5.41, 5.74) is 1.56. The predicted molar refractivity (Wildman–Crippen MR) is 106 cm³/mol. The molecule has 1 aliphatic heterocycles. The molecule has 0 radical (unpaired) electrons. The molecule has 1 aromatic heterocycles. The molecule has 27 heavy (non-hydrogen) atoms. The second kappa shape index (κ2) is 7.56. The predicted octanol–water partition coefficient (Wildman–Crippen LogP) is 3.39. The summed E-state index contributed by atoms with van der Waals surface area (Å²) < 4.78 is 1.86. The Morgan fingerprint density at radius 1 is 1.22 bits per heavy atom. The van der Waals surface area contributed by atoms with E-state index in [1.807, 2.05) is 67.6 Å². The molecule has 2 aromatic rings. The number of fused-ring (bicyclic) bond motifs is 1. The van der Waals surface area contributed by atoms with Crippen molar-refractivity contribution in [1.82, 2.24) is 14.5 Å². The Labute approximate surface area is 160 Å². The van der Waals surface area contributed by atoms with Gasteiger partial charge in [-0.3, -0.25) is 9.69 Å². The van der Waals surface area contributed by atoms with Gasteiger partial charge < -0.3 is 14.6 Å². The van der Waals surface area contributed by atoms with Crippen molar-refractivity contribution in [3.63, 3.8) is 0 Å². The van der Waals surface area contributed by atoms with Crippen LogP contribution < -0.4 is 4.90 Å². The lowest BCUT2D eigenvalue weighted by Crippen LogP contribution is -2.43. The Balaban J connectivity index is 2.17. The molecule has 2 heterocycles. The van der Waals surface area contributed by atoms with Crippen LogP contribution in [0.3, 0.4) is 0 Å². The first-order valence-corrected chi connectivity index (χ1v) is 9.43. The molecule has 0 saturated carbocycles. The van der Waals surface area contributed by atoms with Crippen LogP contribution in [0.15, 0.2) is 42.7 Å². The summed E-state index contributed by atoms with van der Waals surface area (Å²) in [5.74, 6) is 1.57. The van der Waals surface area contributed by atoms with Gasteiger partial charge in [0.1, 0.15) is 17.7 Å². The van der Waals surface area contributed by atoms with Crippen molar-refractivity contribution < 1.29 is 9.90 Å². The molecule has 1 aliphatic rings. The standard InChI is InChI=1S/C21H28N4O2/c1-6-12-24-15(4)23(5)19-17(21(24)27)25(13-16-10-8-7-9-11-16)20(22-19)18(26)14(2)3/h7-11,14,18,26H,4,6,12-13H2,1-3,5H3. The van der Waals surface area contributed by atoms with Crippen molar-refractivity contribution in [3.8, 4) is 0 Å². The third-order valence-corrected chi connectivity index (χ3v) is 4.97. The highest BCUT2D eigenvalue weighted by atomic mass is 16.3. The maximum Gasteiger partial charge on any atom is 0.279 e. The van der Waals surface area contributed by atoms with E-state index < -0.39 is 6.10 Å². The van der Waals surface area contributed by atoms with E-state index >= 15 is 0 Å². The minimum Gasteiger partial charge on any atom is -0.385 e. The largest absolute Gasteiger partial charge is 0.385 e. The second-order valence-electron chi connectivity index (χ2n) is 7.33. The summed E-state index contributed by atoms with van der Waals surface area (Å²) in [6.45, 7) is 11.1. The molecule has 0 aliphatic carbocycles. The molecule has 1 aromatic carbocycles.